The Labute approximate surface area is 121 Å². The number of rotatable bonds is 3. The first-order valence-corrected chi connectivity index (χ1v) is 6.35. The van der Waals surface area contributed by atoms with Gasteiger partial charge < -0.3 is 14.2 Å². The lowest BCUT2D eigenvalue weighted by atomic mass is 10.2. The molecule has 4 nitrogen and oxygen atoms in total. The van der Waals surface area contributed by atoms with Gasteiger partial charge in [-0.15, -0.1) is 0 Å². The molecule has 1 aliphatic rings. The number of ether oxygens (including phenoxy) is 3. The molecule has 0 saturated carbocycles. The van der Waals surface area contributed by atoms with Gasteiger partial charge in [0.05, 0.1) is 5.02 Å². The van der Waals surface area contributed by atoms with E-state index < -0.39 is 0 Å². The first-order chi connectivity index (χ1) is 9.78. The quantitative estimate of drug-likeness (QED) is 0.867. The predicted molar refractivity (Wildman–Crippen MR) is 73.1 cm³/mol. The lowest BCUT2D eigenvalue weighted by molar-refractivity contribution is 0.174. The minimum atomic E-state index is 0.243. The van der Waals surface area contributed by atoms with Crippen molar-refractivity contribution in [1.29, 1.82) is 5.26 Å². The topological polar surface area (TPSA) is 51.5 Å². The highest BCUT2D eigenvalue weighted by molar-refractivity contribution is 6.31. The van der Waals surface area contributed by atoms with Crippen molar-refractivity contribution in [1.82, 2.24) is 0 Å². The van der Waals surface area contributed by atoms with Gasteiger partial charge in [-0.2, -0.15) is 5.26 Å². The molecule has 0 bridgehead atoms. The summed E-state index contributed by atoms with van der Waals surface area (Å²) in [7, 11) is 0. The highest BCUT2D eigenvalue weighted by Gasteiger charge is 2.14. The third-order valence-electron chi connectivity index (χ3n) is 2.92. The molecule has 1 aliphatic heterocycles. The molecular weight excluding hydrogens is 278 g/mol. The fourth-order valence-corrected chi connectivity index (χ4v) is 2.13. The minimum absolute atomic E-state index is 0.243. The second-order valence-electron chi connectivity index (χ2n) is 4.20. The van der Waals surface area contributed by atoms with Crippen molar-refractivity contribution in [3.05, 3.63) is 52.5 Å². The van der Waals surface area contributed by atoms with E-state index in [0.717, 1.165) is 11.3 Å². The molecule has 0 aromatic heterocycles. The summed E-state index contributed by atoms with van der Waals surface area (Å²) in [6.07, 6.45) is 0. The number of benzene rings is 2. The first-order valence-electron chi connectivity index (χ1n) is 5.98. The third kappa shape index (κ3) is 2.36. The Kier molecular flexibility index (Phi) is 3.36. The van der Waals surface area contributed by atoms with Gasteiger partial charge in [-0.1, -0.05) is 23.7 Å². The second kappa shape index (κ2) is 5.32. The zero-order valence-corrected chi connectivity index (χ0v) is 11.2. The van der Waals surface area contributed by atoms with Crippen LogP contribution in [0.5, 0.6) is 17.2 Å². The summed E-state index contributed by atoms with van der Waals surface area (Å²) in [5, 5.41) is 9.46. The molecule has 5 heteroatoms. The third-order valence-corrected chi connectivity index (χ3v) is 3.23. The lowest BCUT2D eigenvalue weighted by Gasteiger charge is -2.09. The van der Waals surface area contributed by atoms with Gasteiger partial charge in [0.15, 0.2) is 11.5 Å². The molecule has 2 aromatic carbocycles. The Balaban J connectivity index is 1.77. The van der Waals surface area contributed by atoms with Crippen LogP contribution in [0.25, 0.3) is 0 Å². The summed E-state index contributed by atoms with van der Waals surface area (Å²) in [4.78, 5) is 0. The molecule has 1 heterocycles. The fourth-order valence-electron chi connectivity index (χ4n) is 1.92. The Hall–Kier alpha value is -2.38. The van der Waals surface area contributed by atoms with Gasteiger partial charge >= 0.3 is 0 Å². The van der Waals surface area contributed by atoms with Gasteiger partial charge in [-0.05, 0) is 29.8 Å². The van der Waals surface area contributed by atoms with Gasteiger partial charge in [0.25, 0.3) is 0 Å². The van der Waals surface area contributed by atoms with E-state index in [9.17, 15) is 0 Å². The average molecular weight is 288 g/mol. The zero-order chi connectivity index (χ0) is 13.9. The summed E-state index contributed by atoms with van der Waals surface area (Å²) in [5.41, 5.74) is 1.27. The highest BCUT2D eigenvalue weighted by Crippen LogP contribution is 2.33. The van der Waals surface area contributed by atoms with Crippen LogP contribution in [0.15, 0.2) is 36.4 Å². The van der Waals surface area contributed by atoms with Crippen LogP contribution in [0.3, 0.4) is 0 Å². The van der Waals surface area contributed by atoms with E-state index in [0.29, 0.717) is 28.7 Å². The van der Waals surface area contributed by atoms with Gasteiger partial charge in [0, 0.05) is 0 Å². The maximum atomic E-state index is 9.07. The molecule has 0 saturated heterocycles. The van der Waals surface area contributed by atoms with E-state index in [4.69, 9.17) is 31.1 Å². The van der Waals surface area contributed by atoms with E-state index in [1.165, 1.54) is 0 Å². The van der Waals surface area contributed by atoms with E-state index in [2.05, 4.69) is 0 Å². The molecule has 0 amide bonds. The number of nitriles is 1. The van der Waals surface area contributed by atoms with Crippen LogP contribution in [0, 0.1) is 11.3 Å². The number of fused-ring (bicyclic) bond motifs is 1. The Bertz CT molecular complexity index is 694. The molecule has 20 heavy (non-hydrogen) atoms. The molecule has 3 rings (SSSR count). The van der Waals surface area contributed by atoms with Crippen molar-refractivity contribution >= 4 is 11.6 Å². The lowest BCUT2D eigenvalue weighted by Crippen LogP contribution is -1.97. The normalized spacial score (nSPS) is 12.0. The second-order valence-corrected chi connectivity index (χ2v) is 4.61. The van der Waals surface area contributed by atoms with E-state index in [1.54, 1.807) is 18.2 Å². The Morgan fingerprint density at radius 2 is 2.05 bits per heavy atom. The number of nitrogens with zero attached hydrogens (tertiary/aromatic N) is 1. The number of halogens is 1. The van der Waals surface area contributed by atoms with E-state index in [1.807, 2.05) is 24.3 Å². The van der Waals surface area contributed by atoms with Gasteiger partial charge in [0.1, 0.15) is 24.0 Å². The maximum Gasteiger partial charge on any atom is 0.231 e. The van der Waals surface area contributed by atoms with Crippen LogP contribution in [0.1, 0.15) is 11.1 Å². The first kappa shape index (κ1) is 12.6. The molecule has 0 spiro atoms. The van der Waals surface area contributed by atoms with Crippen molar-refractivity contribution in [3.63, 3.8) is 0 Å². The molecule has 0 atom stereocenters. The predicted octanol–water partition coefficient (Wildman–Crippen LogP) is 3.52. The van der Waals surface area contributed by atoms with Crippen LogP contribution in [0.2, 0.25) is 5.02 Å². The SMILES string of the molecule is N#Cc1c(Cl)cccc1OCc1ccc2c(c1)OCO2. The standard InChI is InChI=1S/C15H10ClNO3/c16-12-2-1-3-13(11(12)7-17)18-8-10-4-5-14-15(6-10)20-9-19-14/h1-6H,8-9H2. The molecule has 2 aromatic rings. The minimum Gasteiger partial charge on any atom is -0.487 e. The molecular formula is C15H10ClNO3. The van der Waals surface area contributed by atoms with Crippen molar-refractivity contribution < 1.29 is 14.2 Å². The van der Waals surface area contributed by atoms with E-state index >= 15 is 0 Å². The highest BCUT2D eigenvalue weighted by atomic mass is 35.5. The van der Waals surface area contributed by atoms with Crippen molar-refractivity contribution in [2.24, 2.45) is 0 Å². The van der Waals surface area contributed by atoms with Gasteiger partial charge in [-0.25, -0.2) is 0 Å². The van der Waals surface area contributed by atoms with Crippen LogP contribution < -0.4 is 14.2 Å². The summed E-state index contributed by atoms with van der Waals surface area (Å²) in [6, 6.07) is 12.8. The molecule has 100 valence electrons. The maximum absolute atomic E-state index is 9.07. The number of hydrogen-bond acceptors (Lipinski definition) is 4. The van der Waals surface area contributed by atoms with Crippen LogP contribution in [-0.2, 0) is 6.61 Å². The Morgan fingerprint density at radius 1 is 1.20 bits per heavy atom. The van der Waals surface area contributed by atoms with Crippen LogP contribution >= 0.6 is 11.6 Å². The van der Waals surface area contributed by atoms with Crippen molar-refractivity contribution in [3.8, 4) is 23.3 Å². The van der Waals surface area contributed by atoms with Gasteiger partial charge in [-0.3, -0.25) is 0 Å². The monoisotopic (exact) mass is 287 g/mol. The summed E-state index contributed by atoms with van der Waals surface area (Å²) >= 11 is 5.95. The van der Waals surface area contributed by atoms with Crippen molar-refractivity contribution in [2.75, 3.05) is 6.79 Å². The smallest absolute Gasteiger partial charge is 0.231 e. The summed E-state index contributed by atoms with van der Waals surface area (Å²) in [6.45, 7) is 0.568. The molecule has 0 aliphatic carbocycles. The van der Waals surface area contributed by atoms with Gasteiger partial charge in [0.2, 0.25) is 6.79 Å². The average Bonchev–Trinajstić information content (AvgIpc) is 2.92. The molecule has 0 radical (unpaired) electrons. The van der Waals surface area contributed by atoms with Crippen molar-refractivity contribution in [2.45, 2.75) is 6.61 Å². The fraction of sp³-hybridized carbons (Fsp3) is 0.133. The molecule has 0 unspecified atom stereocenters. The van der Waals surface area contributed by atoms with E-state index in [-0.39, 0.29) is 6.79 Å². The largest absolute Gasteiger partial charge is 0.487 e. The summed E-state index contributed by atoms with van der Waals surface area (Å²) < 4.78 is 16.2. The Morgan fingerprint density at radius 3 is 2.90 bits per heavy atom. The molecule has 0 fully saturated rings. The number of hydrogen-bond donors (Lipinski definition) is 0. The molecule has 0 N–H and O–H groups in total. The van der Waals surface area contributed by atoms with Crippen LogP contribution in [0.4, 0.5) is 0 Å². The summed E-state index contributed by atoms with van der Waals surface area (Å²) in [5.74, 6) is 1.91. The van der Waals surface area contributed by atoms with Crippen LogP contribution in [-0.4, -0.2) is 6.79 Å². The zero-order valence-electron chi connectivity index (χ0n) is 10.4.